The van der Waals surface area contributed by atoms with E-state index in [1.54, 1.807) is 36.4 Å². The second-order valence-corrected chi connectivity index (χ2v) is 9.36. The highest BCUT2D eigenvalue weighted by Crippen LogP contribution is 2.18. The van der Waals surface area contributed by atoms with Gasteiger partial charge in [0, 0.05) is 43.4 Å². The zero-order valence-corrected chi connectivity index (χ0v) is 17.4. The predicted octanol–water partition coefficient (Wildman–Crippen LogP) is 2.29. The highest BCUT2D eigenvalue weighted by Gasteiger charge is 2.26. The van der Waals surface area contributed by atoms with E-state index >= 15 is 0 Å². The fraction of sp³-hybridized carbons (Fsp3) is 0.350. The molecule has 0 bridgehead atoms. The molecule has 1 N–H and O–H groups in total. The van der Waals surface area contributed by atoms with E-state index in [-0.39, 0.29) is 30.4 Å². The van der Waals surface area contributed by atoms with Crippen molar-refractivity contribution in [2.45, 2.75) is 6.42 Å². The smallest absolute Gasteiger partial charge is 0.224 e. The molecule has 0 aliphatic carbocycles. The predicted molar refractivity (Wildman–Crippen MR) is 112 cm³/mol. The number of anilines is 1. The van der Waals surface area contributed by atoms with Gasteiger partial charge in [0.2, 0.25) is 15.9 Å². The van der Waals surface area contributed by atoms with E-state index in [0.29, 0.717) is 31.2 Å². The van der Waals surface area contributed by atoms with Crippen LogP contribution >= 0.6 is 11.6 Å². The number of benzene rings is 2. The number of nitrogens with zero attached hydrogens (tertiary/aromatic N) is 2. The molecule has 156 valence electrons. The number of amides is 1. The van der Waals surface area contributed by atoms with Crippen LogP contribution in [0, 0.1) is 5.82 Å². The number of rotatable bonds is 7. The Kier molecular flexibility index (Phi) is 7.10. The van der Waals surface area contributed by atoms with Gasteiger partial charge in [0.1, 0.15) is 5.82 Å². The van der Waals surface area contributed by atoms with Gasteiger partial charge in [0.05, 0.1) is 12.2 Å². The quantitative estimate of drug-likeness (QED) is 0.718. The van der Waals surface area contributed by atoms with Crippen LogP contribution in [0.15, 0.2) is 48.5 Å². The second kappa shape index (κ2) is 9.56. The average molecular weight is 440 g/mol. The summed E-state index contributed by atoms with van der Waals surface area (Å²) in [5.41, 5.74) is 1.68. The third-order valence-electron chi connectivity index (χ3n) is 4.78. The van der Waals surface area contributed by atoms with Gasteiger partial charge in [-0.05, 0) is 42.0 Å². The summed E-state index contributed by atoms with van der Waals surface area (Å²) in [5.74, 6) is -0.674. The molecule has 0 atom stereocenters. The Balaban J connectivity index is 1.43. The SMILES string of the molecule is O=C(Cc1ccc(Cl)cc1)NCCS(=O)(=O)N1CCN(c2ccc(F)cc2)CC1. The third-order valence-corrected chi connectivity index (χ3v) is 6.91. The molecule has 0 aromatic heterocycles. The molecule has 2 aromatic rings. The van der Waals surface area contributed by atoms with Gasteiger partial charge >= 0.3 is 0 Å². The van der Waals surface area contributed by atoms with Crippen LogP contribution in [0.1, 0.15) is 5.56 Å². The molecule has 9 heteroatoms. The summed E-state index contributed by atoms with van der Waals surface area (Å²) in [7, 11) is -3.46. The molecule has 29 heavy (non-hydrogen) atoms. The van der Waals surface area contributed by atoms with Gasteiger partial charge in [-0.2, -0.15) is 4.31 Å². The standard InChI is InChI=1S/C20H23ClFN3O3S/c21-17-3-1-16(2-4-17)15-20(26)23-9-14-29(27,28)25-12-10-24(11-13-25)19-7-5-18(22)6-8-19/h1-8H,9-15H2,(H,23,26). The van der Waals surface area contributed by atoms with Crippen molar-refractivity contribution in [3.05, 3.63) is 64.9 Å². The minimum absolute atomic E-state index is 0.0624. The third kappa shape index (κ3) is 6.16. The highest BCUT2D eigenvalue weighted by molar-refractivity contribution is 7.89. The molecule has 1 aliphatic heterocycles. The van der Waals surface area contributed by atoms with Gasteiger partial charge in [-0.15, -0.1) is 0 Å². The zero-order valence-electron chi connectivity index (χ0n) is 15.9. The van der Waals surface area contributed by atoms with Gasteiger partial charge in [0.15, 0.2) is 0 Å². The van der Waals surface area contributed by atoms with Crippen molar-refractivity contribution in [3.63, 3.8) is 0 Å². The number of nitrogens with one attached hydrogen (secondary N) is 1. The number of halogens is 2. The van der Waals surface area contributed by atoms with Gasteiger partial charge < -0.3 is 10.2 Å². The van der Waals surface area contributed by atoms with Crippen LogP contribution in [0.5, 0.6) is 0 Å². The summed E-state index contributed by atoms with van der Waals surface area (Å²) in [5, 5.41) is 3.25. The van der Waals surface area contributed by atoms with Gasteiger partial charge in [0.25, 0.3) is 0 Å². The van der Waals surface area contributed by atoms with Crippen molar-refractivity contribution in [2.75, 3.05) is 43.4 Å². The van der Waals surface area contributed by atoms with Crippen LogP contribution in [-0.2, 0) is 21.2 Å². The van der Waals surface area contributed by atoms with E-state index in [1.807, 2.05) is 4.90 Å². The zero-order chi connectivity index (χ0) is 20.9. The first-order valence-corrected chi connectivity index (χ1v) is 11.3. The van der Waals surface area contributed by atoms with Crippen LogP contribution in [-0.4, -0.2) is 57.1 Å². The Hall–Kier alpha value is -2.16. The molecule has 1 fully saturated rings. The van der Waals surface area contributed by atoms with E-state index in [4.69, 9.17) is 11.6 Å². The molecule has 1 saturated heterocycles. The number of carbonyl (C=O) groups excluding carboxylic acids is 1. The molecule has 1 heterocycles. The fourth-order valence-electron chi connectivity index (χ4n) is 3.18. The van der Waals surface area contributed by atoms with Crippen molar-refractivity contribution >= 4 is 33.2 Å². The minimum Gasteiger partial charge on any atom is -0.369 e. The lowest BCUT2D eigenvalue weighted by molar-refractivity contribution is -0.120. The molecule has 3 rings (SSSR count). The molecule has 0 unspecified atom stereocenters. The maximum atomic E-state index is 13.0. The monoisotopic (exact) mass is 439 g/mol. The summed E-state index contributed by atoms with van der Waals surface area (Å²) in [4.78, 5) is 14.0. The minimum atomic E-state index is -3.46. The van der Waals surface area contributed by atoms with E-state index in [9.17, 15) is 17.6 Å². The largest absolute Gasteiger partial charge is 0.369 e. The van der Waals surface area contributed by atoms with Gasteiger partial charge in [-0.3, -0.25) is 4.79 Å². The molecule has 1 aliphatic rings. The van der Waals surface area contributed by atoms with Crippen molar-refractivity contribution in [2.24, 2.45) is 0 Å². The molecule has 6 nitrogen and oxygen atoms in total. The first kappa shape index (κ1) is 21.5. The highest BCUT2D eigenvalue weighted by atomic mass is 35.5. The van der Waals surface area contributed by atoms with Gasteiger partial charge in [-0.25, -0.2) is 12.8 Å². The van der Waals surface area contributed by atoms with Crippen molar-refractivity contribution in [3.8, 4) is 0 Å². The average Bonchev–Trinajstić information content (AvgIpc) is 2.70. The van der Waals surface area contributed by atoms with E-state index in [1.165, 1.54) is 16.4 Å². The lowest BCUT2D eigenvalue weighted by Crippen LogP contribution is -2.50. The van der Waals surface area contributed by atoms with Crippen LogP contribution in [0.2, 0.25) is 5.02 Å². The Labute approximate surface area is 175 Å². The molecule has 0 spiro atoms. The number of sulfonamides is 1. The molecular formula is C20H23ClFN3O3S. The molecule has 1 amide bonds. The summed E-state index contributed by atoms with van der Waals surface area (Å²) in [6.45, 7) is 1.85. The summed E-state index contributed by atoms with van der Waals surface area (Å²) >= 11 is 5.82. The first-order chi connectivity index (χ1) is 13.8. The molecule has 0 radical (unpaired) electrons. The summed E-state index contributed by atoms with van der Waals surface area (Å²) in [6.07, 6.45) is 0.174. The number of hydrogen-bond acceptors (Lipinski definition) is 4. The number of hydrogen-bond donors (Lipinski definition) is 1. The fourth-order valence-corrected chi connectivity index (χ4v) is 4.64. The van der Waals surface area contributed by atoms with Crippen LogP contribution in [0.25, 0.3) is 0 Å². The maximum Gasteiger partial charge on any atom is 0.224 e. The Morgan fingerprint density at radius 3 is 2.24 bits per heavy atom. The molecular weight excluding hydrogens is 417 g/mol. The number of piperazine rings is 1. The molecule has 2 aromatic carbocycles. The Bertz CT molecular complexity index is 928. The summed E-state index contributed by atoms with van der Waals surface area (Å²) in [6, 6.07) is 13.1. The lowest BCUT2D eigenvalue weighted by atomic mass is 10.1. The summed E-state index contributed by atoms with van der Waals surface area (Å²) < 4.78 is 39.6. The van der Waals surface area contributed by atoms with E-state index in [2.05, 4.69) is 5.32 Å². The van der Waals surface area contributed by atoms with Crippen LogP contribution in [0.4, 0.5) is 10.1 Å². The van der Waals surface area contributed by atoms with Crippen molar-refractivity contribution in [1.82, 2.24) is 9.62 Å². The molecule has 0 saturated carbocycles. The Morgan fingerprint density at radius 2 is 1.62 bits per heavy atom. The first-order valence-electron chi connectivity index (χ1n) is 9.33. The maximum absolute atomic E-state index is 13.0. The normalized spacial score (nSPS) is 15.3. The van der Waals surface area contributed by atoms with Crippen molar-refractivity contribution < 1.29 is 17.6 Å². The Morgan fingerprint density at radius 1 is 1.00 bits per heavy atom. The van der Waals surface area contributed by atoms with Crippen LogP contribution < -0.4 is 10.2 Å². The van der Waals surface area contributed by atoms with E-state index in [0.717, 1.165) is 11.3 Å². The van der Waals surface area contributed by atoms with E-state index < -0.39 is 10.0 Å². The second-order valence-electron chi connectivity index (χ2n) is 6.83. The van der Waals surface area contributed by atoms with Crippen molar-refractivity contribution in [1.29, 1.82) is 0 Å². The number of carbonyl (C=O) groups is 1. The van der Waals surface area contributed by atoms with Gasteiger partial charge in [-0.1, -0.05) is 23.7 Å². The topological polar surface area (TPSA) is 69.7 Å². The van der Waals surface area contributed by atoms with Crippen LogP contribution in [0.3, 0.4) is 0 Å². The lowest BCUT2D eigenvalue weighted by Gasteiger charge is -2.35.